The van der Waals surface area contributed by atoms with E-state index in [0.717, 1.165) is 42.9 Å². The molecule has 0 bridgehead atoms. The number of ether oxygens (including phenoxy) is 2. The molecule has 1 N–H and O–H groups in total. The fourth-order valence-corrected chi connectivity index (χ4v) is 3.47. The highest BCUT2D eigenvalue weighted by atomic mass is 19.3. The van der Waals surface area contributed by atoms with Crippen molar-refractivity contribution in [3.05, 3.63) is 52.9 Å². The molecule has 0 unspecified atom stereocenters. The predicted octanol–water partition coefficient (Wildman–Crippen LogP) is 4.43. The number of nitriles is 1. The molecule has 6 nitrogen and oxygen atoms in total. The van der Waals surface area contributed by atoms with Gasteiger partial charge in [-0.25, -0.2) is 0 Å². The van der Waals surface area contributed by atoms with Crippen LogP contribution in [0.25, 0.3) is 6.08 Å². The average molecular weight is 415 g/mol. The molecular weight excluding hydrogens is 392 g/mol. The van der Waals surface area contributed by atoms with Crippen LogP contribution in [-0.2, 0) is 16.1 Å². The molecule has 0 spiro atoms. The van der Waals surface area contributed by atoms with Crippen LogP contribution in [-0.4, -0.2) is 29.8 Å². The third-order valence-electron chi connectivity index (χ3n) is 5.03. The second-order valence-electron chi connectivity index (χ2n) is 7.10. The quantitative estimate of drug-likeness (QED) is 0.536. The van der Waals surface area contributed by atoms with E-state index in [1.807, 2.05) is 26.0 Å². The molecule has 0 saturated carbocycles. The van der Waals surface area contributed by atoms with Crippen molar-refractivity contribution in [2.24, 2.45) is 0 Å². The van der Waals surface area contributed by atoms with Crippen molar-refractivity contribution in [3.8, 4) is 11.8 Å². The molecule has 2 aromatic rings. The van der Waals surface area contributed by atoms with Crippen molar-refractivity contribution in [2.45, 2.75) is 45.9 Å². The Bertz CT molecular complexity index is 969. The van der Waals surface area contributed by atoms with Crippen LogP contribution in [0.4, 0.5) is 14.5 Å². The van der Waals surface area contributed by atoms with Crippen LogP contribution in [0.5, 0.6) is 5.75 Å². The number of halogens is 2. The second-order valence-corrected chi connectivity index (χ2v) is 7.10. The third-order valence-corrected chi connectivity index (χ3v) is 5.03. The van der Waals surface area contributed by atoms with Crippen LogP contribution in [0.1, 0.15) is 29.8 Å². The van der Waals surface area contributed by atoms with E-state index in [4.69, 9.17) is 4.74 Å². The molecule has 1 amide bonds. The number of nitrogens with one attached hydrogen (secondary N) is 1. The first-order valence-corrected chi connectivity index (χ1v) is 9.63. The molecular formula is C22H23F2N3O3. The minimum Gasteiger partial charge on any atom is -0.435 e. The van der Waals surface area contributed by atoms with Crippen LogP contribution in [0.2, 0.25) is 0 Å². The lowest BCUT2D eigenvalue weighted by Gasteiger charge is -2.14. The first kappa shape index (κ1) is 21.5. The van der Waals surface area contributed by atoms with E-state index in [-0.39, 0.29) is 17.4 Å². The highest BCUT2D eigenvalue weighted by Gasteiger charge is 2.19. The Hall–Kier alpha value is -3.18. The van der Waals surface area contributed by atoms with Gasteiger partial charge >= 0.3 is 6.61 Å². The van der Waals surface area contributed by atoms with Gasteiger partial charge in [-0.05, 0) is 68.7 Å². The summed E-state index contributed by atoms with van der Waals surface area (Å²) in [5.41, 5.74) is 3.09. The number of nitrogens with zero attached hydrogens (tertiary/aromatic N) is 2. The third kappa shape index (κ3) is 5.24. The summed E-state index contributed by atoms with van der Waals surface area (Å²) >= 11 is 0. The highest BCUT2D eigenvalue weighted by molar-refractivity contribution is 6.09. The summed E-state index contributed by atoms with van der Waals surface area (Å²) < 4.78 is 36.6. The Labute approximate surface area is 173 Å². The standard InChI is InChI=1S/C22H23F2N3O3/c1-14-10-16(15(2)27(14)13-20-4-3-9-29-20)11-17(12-25)21(28)26-18-5-7-19(8-6-18)30-22(23)24/h5-8,10-11,20,22H,3-4,9,13H2,1-2H3,(H,26,28)/b17-11+/t20-/m0/s1. The number of hydrogen-bond donors (Lipinski definition) is 1. The Morgan fingerprint density at radius 1 is 1.40 bits per heavy atom. The van der Waals surface area contributed by atoms with E-state index >= 15 is 0 Å². The van der Waals surface area contributed by atoms with E-state index in [1.165, 1.54) is 24.3 Å². The molecule has 1 atom stereocenters. The zero-order chi connectivity index (χ0) is 21.7. The van der Waals surface area contributed by atoms with Crippen molar-refractivity contribution in [1.82, 2.24) is 4.57 Å². The number of anilines is 1. The molecule has 2 heterocycles. The average Bonchev–Trinajstić information content (AvgIpc) is 3.31. The van der Waals surface area contributed by atoms with Gasteiger partial charge in [0.05, 0.1) is 6.10 Å². The van der Waals surface area contributed by atoms with Crippen molar-refractivity contribution >= 4 is 17.7 Å². The monoisotopic (exact) mass is 415 g/mol. The summed E-state index contributed by atoms with van der Waals surface area (Å²) in [6.45, 7) is 2.53. The zero-order valence-electron chi connectivity index (χ0n) is 16.8. The Balaban J connectivity index is 1.73. The van der Waals surface area contributed by atoms with Gasteiger partial charge in [-0.3, -0.25) is 4.79 Å². The largest absolute Gasteiger partial charge is 0.435 e. The first-order chi connectivity index (χ1) is 14.4. The van der Waals surface area contributed by atoms with Crippen LogP contribution >= 0.6 is 0 Å². The number of rotatable bonds is 7. The van der Waals surface area contributed by atoms with Crippen LogP contribution in [0.15, 0.2) is 35.9 Å². The molecule has 8 heteroatoms. The molecule has 1 aliphatic heterocycles. The van der Waals surface area contributed by atoms with Gasteiger partial charge in [0, 0.05) is 30.2 Å². The lowest BCUT2D eigenvalue weighted by atomic mass is 10.1. The van der Waals surface area contributed by atoms with Gasteiger partial charge in [-0.15, -0.1) is 0 Å². The number of hydrogen-bond acceptors (Lipinski definition) is 4. The summed E-state index contributed by atoms with van der Waals surface area (Å²) in [5, 5.41) is 12.1. The number of carbonyl (C=O) groups is 1. The Kier molecular flexibility index (Phi) is 6.85. The smallest absolute Gasteiger partial charge is 0.387 e. The van der Waals surface area contributed by atoms with Crippen molar-refractivity contribution in [2.75, 3.05) is 11.9 Å². The minimum atomic E-state index is -2.92. The minimum absolute atomic E-state index is 0.0160. The van der Waals surface area contributed by atoms with Crippen LogP contribution in [0.3, 0.4) is 0 Å². The van der Waals surface area contributed by atoms with Gasteiger partial charge in [0.2, 0.25) is 0 Å². The van der Waals surface area contributed by atoms with Crippen molar-refractivity contribution in [1.29, 1.82) is 5.26 Å². The van der Waals surface area contributed by atoms with E-state index in [0.29, 0.717) is 5.69 Å². The maximum atomic E-state index is 12.5. The van der Waals surface area contributed by atoms with Crippen LogP contribution < -0.4 is 10.1 Å². The van der Waals surface area contributed by atoms with Gasteiger partial charge in [0.15, 0.2) is 0 Å². The van der Waals surface area contributed by atoms with Gasteiger partial charge in [-0.1, -0.05) is 0 Å². The fourth-order valence-electron chi connectivity index (χ4n) is 3.47. The molecule has 30 heavy (non-hydrogen) atoms. The van der Waals surface area contributed by atoms with Gasteiger partial charge in [0.1, 0.15) is 17.4 Å². The molecule has 0 radical (unpaired) electrons. The number of benzene rings is 1. The van der Waals surface area contributed by atoms with E-state index < -0.39 is 12.5 Å². The highest BCUT2D eigenvalue weighted by Crippen LogP contribution is 2.23. The number of carbonyl (C=O) groups excluding carboxylic acids is 1. The molecule has 1 aliphatic rings. The second kappa shape index (κ2) is 9.55. The molecule has 0 aliphatic carbocycles. The molecule has 1 saturated heterocycles. The predicted molar refractivity (Wildman–Crippen MR) is 108 cm³/mol. The zero-order valence-corrected chi connectivity index (χ0v) is 16.8. The molecule has 1 aromatic carbocycles. The normalized spacial score (nSPS) is 16.5. The van der Waals surface area contributed by atoms with Gasteiger partial charge in [-0.2, -0.15) is 14.0 Å². The molecule has 3 rings (SSSR count). The number of amides is 1. The molecule has 1 aromatic heterocycles. The fraction of sp³-hybridized carbons (Fsp3) is 0.364. The number of aryl methyl sites for hydroxylation is 1. The van der Waals surface area contributed by atoms with Gasteiger partial charge < -0.3 is 19.4 Å². The maximum absolute atomic E-state index is 12.5. The summed E-state index contributed by atoms with van der Waals surface area (Å²) in [6, 6.07) is 9.35. The van der Waals surface area contributed by atoms with Gasteiger partial charge in [0.25, 0.3) is 5.91 Å². The topological polar surface area (TPSA) is 76.3 Å². The summed E-state index contributed by atoms with van der Waals surface area (Å²) in [6.07, 6.45) is 3.82. The summed E-state index contributed by atoms with van der Waals surface area (Å²) in [7, 11) is 0. The first-order valence-electron chi connectivity index (χ1n) is 9.63. The van der Waals surface area contributed by atoms with E-state index in [1.54, 1.807) is 6.08 Å². The molecule has 1 fully saturated rings. The van der Waals surface area contributed by atoms with Crippen molar-refractivity contribution < 1.29 is 23.0 Å². The lowest BCUT2D eigenvalue weighted by molar-refractivity contribution is -0.112. The number of alkyl halides is 2. The van der Waals surface area contributed by atoms with Crippen LogP contribution in [0, 0.1) is 25.2 Å². The SMILES string of the molecule is Cc1cc(/C=C(\C#N)C(=O)Nc2ccc(OC(F)F)cc2)c(C)n1C[C@@H]1CCCO1. The maximum Gasteiger partial charge on any atom is 0.387 e. The Morgan fingerprint density at radius 2 is 2.13 bits per heavy atom. The van der Waals surface area contributed by atoms with Crippen molar-refractivity contribution in [3.63, 3.8) is 0 Å². The molecule has 158 valence electrons. The summed E-state index contributed by atoms with van der Waals surface area (Å²) in [5.74, 6) is -0.596. The van der Waals surface area contributed by atoms with E-state index in [9.17, 15) is 18.8 Å². The Morgan fingerprint density at radius 3 is 2.73 bits per heavy atom. The lowest BCUT2D eigenvalue weighted by Crippen LogP contribution is -2.17. The summed E-state index contributed by atoms with van der Waals surface area (Å²) in [4.78, 5) is 12.5. The van der Waals surface area contributed by atoms with E-state index in [2.05, 4.69) is 14.6 Å². The number of aromatic nitrogens is 1.